The molecule has 0 saturated heterocycles. The van der Waals surface area contributed by atoms with Crippen molar-refractivity contribution < 1.29 is 0 Å². The Bertz CT molecular complexity index is 3020. The Balaban J connectivity index is 1.05. The molecule has 0 unspecified atom stereocenters. The number of fused-ring (bicyclic) bond motifs is 6. The molecule has 0 aliphatic carbocycles. The molecule has 0 bridgehead atoms. The molecule has 3 heterocycles. The maximum absolute atomic E-state index is 5.21. The predicted octanol–water partition coefficient (Wildman–Crippen LogP) is 13.7. The van der Waals surface area contributed by atoms with E-state index in [-0.39, 0.29) is 0 Å². The van der Waals surface area contributed by atoms with Crippen molar-refractivity contribution in [3.63, 3.8) is 0 Å². The number of benzene rings is 8. The summed E-state index contributed by atoms with van der Waals surface area (Å²) in [6.07, 6.45) is 0. The summed E-state index contributed by atoms with van der Waals surface area (Å²) in [5.41, 5.74) is 11.0. The first kappa shape index (κ1) is 31.6. The number of aromatic nitrogens is 3. The minimum atomic E-state index is 0.699. The lowest BCUT2D eigenvalue weighted by atomic mass is 10.0. The van der Waals surface area contributed by atoms with Crippen LogP contribution in [0.2, 0.25) is 0 Å². The van der Waals surface area contributed by atoms with Crippen molar-refractivity contribution in [2.75, 3.05) is 4.90 Å². The summed E-state index contributed by atoms with van der Waals surface area (Å²) in [4.78, 5) is 15.1. The zero-order chi connectivity index (χ0) is 36.3. The van der Waals surface area contributed by atoms with Crippen molar-refractivity contribution in [2.45, 2.75) is 9.79 Å². The van der Waals surface area contributed by atoms with Crippen LogP contribution < -0.4 is 4.90 Å². The average Bonchev–Trinajstić information content (AvgIpc) is 3.59. The molecule has 0 N–H and O–H groups in total. The summed E-state index contributed by atoms with van der Waals surface area (Å²) in [5.74, 6) is 1.54. The van der Waals surface area contributed by atoms with Crippen LogP contribution in [0, 0.1) is 0 Å². The van der Waals surface area contributed by atoms with Gasteiger partial charge in [0.2, 0.25) is 0 Å². The van der Waals surface area contributed by atoms with E-state index in [0.29, 0.717) is 5.82 Å². The van der Waals surface area contributed by atoms with E-state index in [0.717, 1.165) is 39.4 Å². The van der Waals surface area contributed by atoms with E-state index >= 15 is 0 Å². The number of nitrogens with zero attached hydrogens (tertiary/aromatic N) is 4. The second kappa shape index (κ2) is 12.9. The van der Waals surface area contributed by atoms with Crippen molar-refractivity contribution in [1.82, 2.24) is 14.5 Å². The van der Waals surface area contributed by atoms with Crippen LogP contribution in [0.1, 0.15) is 0 Å². The molecule has 258 valence electrons. The molecular weight excluding hydrogens is 689 g/mol. The van der Waals surface area contributed by atoms with Crippen LogP contribution >= 0.6 is 11.8 Å². The van der Waals surface area contributed by atoms with Crippen molar-refractivity contribution in [2.24, 2.45) is 0 Å². The third-order valence-corrected chi connectivity index (χ3v) is 11.7. The Kier molecular flexibility index (Phi) is 7.39. The third-order valence-electron chi connectivity index (χ3n) is 10.6. The Labute approximate surface area is 323 Å². The van der Waals surface area contributed by atoms with Gasteiger partial charge in [-0.1, -0.05) is 145 Å². The lowest BCUT2D eigenvalue weighted by Gasteiger charge is -2.33. The predicted molar refractivity (Wildman–Crippen MR) is 229 cm³/mol. The van der Waals surface area contributed by atoms with Crippen LogP contribution in [0.3, 0.4) is 0 Å². The maximum atomic E-state index is 5.21. The molecule has 5 heteroatoms. The Hall–Kier alpha value is -6.95. The largest absolute Gasteiger partial charge is 0.308 e. The van der Waals surface area contributed by atoms with Gasteiger partial charge in [-0.25, -0.2) is 9.97 Å². The smallest absolute Gasteiger partial charge is 0.162 e. The highest BCUT2D eigenvalue weighted by Gasteiger charge is 2.26. The summed E-state index contributed by atoms with van der Waals surface area (Å²) in [6.45, 7) is 0. The van der Waals surface area contributed by atoms with E-state index < -0.39 is 0 Å². The summed E-state index contributed by atoms with van der Waals surface area (Å²) < 4.78 is 2.29. The van der Waals surface area contributed by atoms with Crippen molar-refractivity contribution in [3.8, 4) is 39.6 Å². The van der Waals surface area contributed by atoms with Gasteiger partial charge in [-0.15, -0.1) is 0 Å². The SMILES string of the molecule is c1ccc(-c2cc(-n3c4ccccc4c4cc(-c5ccc6c(c5)Sc5ccccc5N6c5ccc6ccccc6c5)ccc43)nc(-c3ccccc3)n2)cc1. The fourth-order valence-corrected chi connectivity index (χ4v) is 9.05. The Morgan fingerprint density at radius 1 is 0.400 bits per heavy atom. The van der Waals surface area contributed by atoms with Crippen LogP contribution in [0.15, 0.2) is 204 Å². The molecule has 0 radical (unpaired) electrons. The van der Waals surface area contributed by atoms with Gasteiger partial charge in [0.05, 0.1) is 28.1 Å². The molecule has 4 nitrogen and oxygen atoms in total. The Morgan fingerprint density at radius 3 is 1.95 bits per heavy atom. The lowest BCUT2D eigenvalue weighted by Crippen LogP contribution is -2.14. The van der Waals surface area contributed by atoms with Gasteiger partial charge in [0.1, 0.15) is 5.82 Å². The lowest BCUT2D eigenvalue weighted by molar-refractivity contribution is 1.05. The average molecular weight is 721 g/mol. The van der Waals surface area contributed by atoms with Gasteiger partial charge >= 0.3 is 0 Å². The maximum Gasteiger partial charge on any atom is 0.162 e. The summed E-state index contributed by atoms with van der Waals surface area (Å²) in [7, 11) is 0. The first-order chi connectivity index (χ1) is 27.2. The Morgan fingerprint density at radius 2 is 1.07 bits per heavy atom. The van der Waals surface area contributed by atoms with Gasteiger partial charge in [-0.05, 0) is 76.5 Å². The fraction of sp³-hybridized carbons (Fsp3) is 0. The van der Waals surface area contributed by atoms with E-state index in [1.54, 1.807) is 0 Å². The van der Waals surface area contributed by atoms with E-state index in [1.165, 1.54) is 53.8 Å². The first-order valence-electron chi connectivity index (χ1n) is 18.5. The second-order valence-corrected chi connectivity index (χ2v) is 15.0. The van der Waals surface area contributed by atoms with Gasteiger partial charge in [0.15, 0.2) is 5.82 Å². The summed E-state index contributed by atoms with van der Waals surface area (Å²) >= 11 is 1.84. The van der Waals surface area contributed by atoms with Gasteiger partial charge in [-0.2, -0.15) is 0 Å². The van der Waals surface area contributed by atoms with Crippen LogP contribution in [0.25, 0.3) is 72.2 Å². The normalized spacial score (nSPS) is 12.3. The zero-order valence-corrected chi connectivity index (χ0v) is 30.5. The van der Waals surface area contributed by atoms with Gasteiger partial charge in [-0.3, -0.25) is 4.57 Å². The van der Waals surface area contributed by atoms with E-state index in [2.05, 4.69) is 179 Å². The molecule has 0 fully saturated rings. The van der Waals surface area contributed by atoms with Crippen molar-refractivity contribution >= 4 is 61.4 Å². The number of hydrogen-bond acceptors (Lipinski definition) is 4. The molecular formula is C50H32N4S. The minimum absolute atomic E-state index is 0.699. The van der Waals surface area contributed by atoms with Gasteiger partial charge in [0, 0.05) is 43.4 Å². The van der Waals surface area contributed by atoms with Crippen molar-refractivity contribution in [3.05, 3.63) is 194 Å². The van der Waals surface area contributed by atoms with E-state index in [1.807, 2.05) is 36.0 Å². The minimum Gasteiger partial charge on any atom is -0.308 e. The quantitative estimate of drug-likeness (QED) is 0.177. The monoisotopic (exact) mass is 720 g/mol. The molecule has 1 aliphatic heterocycles. The molecule has 1 aliphatic rings. The first-order valence-corrected chi connectivity index (χ1v) is 19.3. The van der Waals surface area contributed by atoms with Gasteiger partial charge in [0.25, 0.3) is 0 Å². The molecule has 0 spiro atoms. The van der Waals surface area contributed by atoms with Crippen LogP contribution in [-0.4, -0.2) is 14.5 Å². The molecule has 11 rings (SSSR count). The molecule has 0 saturated carbocycles. The van der Waals surface area contributed by atoms with Crippen LogP contribution in [0.5, 0.6) is 0 Å². The summed E-state index contributed by atoms with van der Waals surface area (Å²) in [6, 6.07) is 69.1. The standard InChI is InChI=1S/C50H32N4S/c1-3-14-34(15-4-1)42-32-49(52-50(51-42)35-16-5-2-6-17-35)54-43-20-10-9-19-40(43)41-30-37(24-27-44(41)54)38-25-28-46-48(31-38)55-47-22-12-11-21-45(47)53(46)39-26-23-33-13-7-8-18-36(33)29-39/h1-32H. The van der Waals surface area contributed by atoms with Crippen LogP contribution in [0.4, 0.5) is 17.1 Å². The zero-order valence-electron chi connectivity index (χ0n) is 29.7. The highest BCUT2D eigenvalue weighted by Crippen LogP contribution is 2.52. The summed E-state index contributed by atoms with van der Waals surface area (Å²) in [5, 5.41) is 4.84. The number of hydrogen-bond donors (Lipinski definition) is 0. The molecule has 0 amide bonds. The fourth-order valence-electron chi connectivity index (χ4n) is 7.95. The van der Waals surface area contributed by atoms with Crippen LogP contribution in [-0.2, 0) is 0 Å². The highest BCUT2D eigenvalue weighted by atomic mass is 32.2. The third kappa shape index (κ3) is 5.39. The molecule has 8 aromatic carbocycles. The number of para-hydroxylation sites is 2. The van der Waals surface area contributed by atoms with E-state index in [9.17, 15) is 0 Å². The van der Waals surface area contributed by atoms with E-state index in [4.69, 9.17) is 9.97 Å². The topological polar surface area (TPSA) is 34.0 Å². The number of rotatable bonds is 5. The van der Waals surface area contributed by atoms with Gasteiger partial charge < -0.3 is 4.90 Å². The second-order valence-electron chi connectivity index (χ2n) is 13.9. The molecule has 55 heavy (non-hydrogen) atoms. The van der Waals surface area contributed by atoms with Crippen molar-refractivity contribution in [1.29, 1.82) is 0 Å². The molecule has 0 atom stereocenters. The molecule has 10 aromatic rings. The molecule has 2 aromatic heterocycles. The number of anilines is 3. The highest BCUT2D eigenvalue weighted by molar-refractivity contribution is 7.99.